The molecule has 0 saturated carbocycles. The van der Waals surface area contributed by atoms with E-state index in [1.165, 1.54) is 205 Å². The Hall–Kier alpha value is -0.780. The highest BCUT2D eigenvalue weighted by Crippen LogP contribution is 2.21. The molecule has 0 amide bonds. The van der Waals surface area contributed by atoms with Crippen LogP contribution in [0, 0.1) is 11.8 Å². The molecule has 0 radical (unpaired) electrons. The number of hydrogen-bond donors (Lipinski definition) is 0. The lowest BCUT2D eigenvalue weighted by molar-refractivity contribution is 0.474. The van der Waals surface area contributed by atoms with Crippen molar-refractivity contribution in [2.45, 2.75) is 233 Å². The number of unbranched alkanes of at least 4 members (excludes halogenated alkanes) is 26. The first kappa shape index (κ1) is 41.2. The average Bonchev–Trinajstić information content (AvgIpc) is 3.02. The Morgan fingerprint density at radius 3 is 0.750 bits per heavy atom. The minimum Gasteiger partial charge on any atom is -0.0654 e. The minimum absolute atomic E-state index is 0.817. The van der Waals surface area contributed by atoms with Gasteiger partial charge in [0, 0.05) is 0 Å². The summed E-state index contributed by atoms with van der Waals surface area (Å²) in [5.74, 6) is 1.63. The summed E-state index contributed by atoms with van der Waals surface area (Å²) in [4.78, 5) is 0. The first-order valence-corrected chi connectivity index (χ1v) is 20.7. The van der Waals surface area contributed by atoms with Gasteiger partial charge in [-0.05, 0) is 35.8 Å². The molecular weight excluding hydrogens is 528 g/mol. The molecule has 0 N–H and O–H groups in total. The normalized spacial score (nSPS) is 13.0. The summed E-state index contributed by atoms with van der Waals surface area (Å²) in [6, 6.07) is 9.71. The van der Waals surface area contributed by atoms with Gasteiger partial charge in [-0.15, -0.1) is 0 Å². The molecule has 1 aromatic carbocycles. The zero-order chi connectivity index (χ0) is 31.8. The second-order valence-corrected chi connectivity index (χ2v) is 15.2. The third-order valence-corrected chi connectivity index (χ3v) is 10.3. The van der Waals surface area contributed by atoms with Gasteiger partial charge >= 0.3 is 0 Å². The maximum atomic E-state index is 2.47. The zero-order valence-electron chi connectivity index (χ0n) is 31.1. The molecule has 44 heavy (non-hydrogen) atoms. The van der Waals surface area contributed by atoms with Crippen LogP contribution in [0.4, 0.5) is 0 Å². The first-order valence-electron chi connectivity index (χ1n) is 20.7. The Morgan fingerprint density at radius 1 is 0.318 bits per heavy atom. The van der Waals surface area contributed by atoms with E-state index in [9.17, 15) is 0 Å². The number of hydrogen-bond acceptors (Lipinski definition) is 0. The third kappa shape index (κ3) is 27.5. The van der Waals surface area contributed by atoms with E-state index in [-0.39, 0.29) is 0 Å². The van der Waals surface area contributed by atoms with E-state index in [0.29, 0.717) is 0 Å². The molecule has 0 aliphatic rings. The summed E-state index contributed by atoms with van der Waals surface area (Å²) >= 11 is 0. The van der Waals surface area contributed by atoms with Gasteiger partial charge in [-0.2, -0.15) is 0 Å². The summed E-state index contributed by atoms with van der Waals surface area (Å²) in [5, 5.41) is 0. The van der Waals surface area contributed by atoms with Crippen LogP contribution < -0.4 is 0 Å². The minimum atomic E-state index is 0.817. The molecule has 0 aliphatic carbocycles. The summed E-state index contributed by atoms with van der Waals surface area (Å²) in [6.07, 6.45) is 46.0. The van der Waals surface area contributed by atoms with Gasteiger partial charge in [0.1, 0.15) is 0 Å². The Bertz CT molecular complexity index is 613. The van der Waals surface area contributed by atoms with E-state index in [4.69, 9.17) is 0 Å². The lowest BCUT2D eigenvalue weighted by Crippen LogP contribution is -2.02. The highest BCUT2D eigenvalue weighted by molar-refractivity contribution is 5.23. The van der Waals surface area contributed by atoms with Gasteiger partial charge in [0.05, 0.1) is 0 Å². The summed E-state index contributed by atoms with van der Waals surface area (Å²) in [5.41, 5.74) is 3.09. The average molecular weight is 611 g/mol. The molecule has 0 fully saturated rings. The van der Waals surface area contributed by atoms with Crippen molar-refractivity contribution in [2.24, 2.45) is 11.8 Å². The Kier molecular flexibility index (Phi) is 30.2. The molecule has 0 aliphatic heterocycles. The predicted octanol–water partition coefficient (Wildman–Crippen LogP) is 15.8. The van der Waals surface area contributed by atoms with Crippen molar-refractivity contribution in [2.75, 3.05) is 0 Å². The molecule has 0 aromatic heterocycles. The van der Waals surface area contributed by atoms with Crippen molar-refractivity contribution < 1.29 is 0 Å². The molecule has 2 unspecified atom stereocenters. The van der Waals surface area contributed by atoms with Crippen molar-refractivity contribution in [3.63, 3.8) is 0 Å². The largest absolute Gasteiger partial charge is 0.0654 e. The van der Waals surface area contributed by atoms with E-state index in [2.05, 4.69) is 52.0 Å². The van der Waals surface area contributed by atoms with Crippen LogP contribution in [-0.2, 0) is 12.8 Å². The molecule has 1 rings (SSSR count). The second-order valence-electron chi connectivity index (χ2n) is 15.2. The van der Waals surface area contributed by atoms with Gasteiger partial charge in [0.15, 0.2) is 0 Å². The van der Waals surface area contributed by atoms with Gasteiger partial charge < -0.3 is 0 Å². The van der Waals surface area contributed by atoms with Gasteiger partial charge in [-0.3, -0.25) is 0 Å². The summed E-state index contributed by atoms with van der Waals surface area (Å²) in [6.45, 7) is 9.55. The quantitative estimate of drug-likeness (QED) is 0.0681. The van der Waals surface area contributed by atoms with E-state index >= 15 is 0 Å². The standard InChI is InChI=1S/C44H82/c1-5-7-9-11-13-15-17-19-21-23-25-27-29-31-33-41(3)39-43-35-37-44(38-36-43)40-42(4)34-32-30-28-26-24-22-20-18-16-14-12-10-8-6-2/h35-38,41-42H,5-34,39-40H2,1-4H3. The smallest absolute Gasteiger partial charge is 0.0253 e. The highest BCUT2D eigenvalue weighted by Gasteiger charge is 2.07. The zero-order valence-corrected chi connectivity index (χ0v) is 31.1. The Labute approximate surface area is 279 Å². The van der Waals surface area contributed by atoms with Crippen molar-refractivity contribution in [3.8, 4) is 0 Å². The predicted molar refractivity (Wildman–Crippen MR) is 202 cm³/mol. The molecule has 0 spiro atoms. The molecule has 0 nitrogen and oxygen atoms in total. The highest BCUT2D eigenvalue weighted by atomic mass is 14.1. The van der Waals surface area contributed by atoms with Crippen molar-refractivity contribution in [1.29, 1.82) is 0 Å². The first-order chi connectivity index (χ1) is 21.7. The van der Waals surface area contributed by atoms with Gasteiger partial charge in [-0.1, -0.05) is 245 Å². The lowest BCUT2D eigenvalue weighted by atomic mass is 9.92. The van der Waals surface area contributed by atoms with Crippen LogP contribution >= 0.6 is 0 Å². The van der Waals surface area contributed by atoms with Crippen molar-refractivity contribution in [1.82, 2.24) is 0 Å². The second kappa shape index (κ2) is 32.2. The molecule has 0 heterocycles. The van der Waals surface area contributed by atoms with Gasteiger partial charge in [0.2, 0.25) is 0 Å². The van der Waals surface area contributed by atoms with E-state index in [1.807, 2.05) is 0 Å². The van der Waals surface area contributed by atoms with Crippen LogP contribution in [0.3, 0.4) is 0 Å². The molecule has 0 bridgehead atoms. The summed E-state index contributed by atoms with van der Waals surface area (Å²) < 4.78 is 0. The summed E-state index contributed by atoms with van der Waals surface area (Å²) in [7, 11) is 0. The van der Waals surface area contributed by atoms with E-state index < -0.39 is 0 Å². The fourth-order valence-corrected chi connectivity index (χ4v) is 7.19. The van der Waals surface area contributed by atoms with Crippen molar-refractivity contribution in [3.05, 3.63) is 35.4 Å². The van der Waals surface area contributed by atoms with E-state index in [0.717, 1.165) is 11.8 Å². The van der Waals surface area contributed by atoms with Crippen LogP contribution in [-0.4, -0.2) is 0 Å². The fourth-order valence-electron chi connectivity index (χ4n) is 7.19. The molecular formula is C44H82. The van der Waals surface area contributed by atoms with Crippen LogP contribution in [0.1, 0.15) is 231 Å². The lowest BCUT2D eigenvalue weighted by Gasteiger charge is -2.14. The maximum Gasteiger partial charge on any atom is -0.0253 e. The maximum absolute atomic E-state index is 2.47. The number of rotatable bonds is 34. The van der Waals surface area contributed by atoms with Gasteiger partial charge in [0.25, 0.3) is 0 Å². The molecule has 1 aromatic rings. The van der Waals surface area contributed by atoms with Crippen LogP contribution in [0.2, 0.25) is 0 Å². The van der Waals surface area contributed by atoms with E-state index in [1.54, 1.807) is 11.1 Å². The molecule has 0 saturated heterocycles. The van der Waals surface area contributed by atoms with Crippen LogP contribution in [0.5, 0.6) is 0 Å². The van der Waals surface area contributed by atoms with Crippen molar-refractivity contribution >= 4 is 0 Å². The SMILES string of the molecule is CCCCCCCCCCCCCCCCC(C)Cc1ccc(CC(C)CCCCCCCCCCCCCCCC)cc1. The molecule has 2 atom stereocenters. The Morgan fingerprint density at radius 2 is 0.523 bits per heavy atom. The van der Waals surface area contributed by atoms with Crippen LogP contribution in [0.25, 0.3) is 0 Å². The fraction of sp³-hybridized carbons (Fsp3) is 0.864. The van der Waals surface area contributed by atoms with Crippen LogP contribution in [0.15, 0.2) is 24.3 Å². The van der Waals surface area contributed by atoms with Gasteiger partial charge in [-0.25, -0.2) is 0 Å². The molecule has 0 heteroatoms. The Balaban J connectivity index is 1.93. The number of benzene rings is 1. The topological polar surface area (TPSA) is 0 Å². The molecule has 258 valence electrons. The third-order valence-electron chi connectivity index (χ3n) is 10.3. The monoisotopic (exact) mass is 611 g/mol.